The van der Waals surface area contributed by atoms with Gasteiger partial charge in [0.1, 0.15) is 0 Å². The van der Waals surface area contributed by atoms with E-state index in [1.165, 1.54) is 22.7 Å². The first-order valence-electron chi connectivity index (χ1n) is 10.2. The van der Waals surface area contributed by atoms with Gasteiger partial charge in [0.25, 0.3) is 0 Å². The van der Waals surface area contributed by atoms with Gasteiger partial charge in [-0.1, -0.05) is 11.6 Å². The number of imidazole rings is 1. The van der Waals surface area contributed by atoms with E-state index in [2.05, 4.69) is 20.3 Å². The van der Waals surface area contributed by atoms with Gasteiger partial charge in [0.2, 0.25) is 0 Å². The van der Waals surface area contributed by atoms with E-state index in [0.29, 0.717) is 39.9 Å². The summed E-state index contributed by atoms with van der Waals surface area (Å²) < 4.78 is 0. The number of nitrogens with zero attached hydrogens (tertiary/aromatic N) is 2. The second-order valence-electron chi connectivity index (χ2n) is 7.66. The number of carbonyl (C=O) groups is 1. The maximum Gasteiger partial charge on any atom is 0.407 e. The van der Waals surface area contributed by atoms with Gasteiger partial charge in [0.05, 0.1) is 28.0 Å². The lowest BCUT2D eigenvalue weighted by molar-refractivity contribution is 0.142. The van der Waals surface area contributed by atoms with Crippen LogP contribution in [0.25, 0.3) is 21.9 Å². The lowest BCUT2D eigenvalue weighted by Gasteiger charge is -2.22. The number of aromatic nitrogens is 3. The molecule has 1 fully saturated rings. The largest absolute Gasteiger partial charge is 0.465 e. The van der Waals surface area contributed by atoms with Crippen LogP contribution in [-0.4, -0.2) is 50.2 Å². The molecule has 5 rings (SSSR count). The molecule has 1 aliphatic heterocycles. The molecule has 2 aromatic carbocycles. The summed E-state index contributed by atoms with van der Waals surface area (Å²) in [6.45, 7) is 0.994. The number of hydrogen-bond acceptors (Lipinski definition) is 5. The molecule has 4 N–H and O–H groups in total. The van der Waals surface area contributed by atoms with Crippen LogP contribution >= 0.6 is 23.4 Å². The number of fused-ring (bicyclic) bond motifs is 2. The number of aromatic amines is 2. The Hall–Kier alpha value is -3.17. The van der Waals surface area contributed by atoms with Crippen molar-refractivity contribution in [1.82, 2.24) is 19.9 Å². The molecule has 32 heavy (non-hydrogen) atoms. The average molecular weight is 470 g/mol. The Balaban J connectivity index is 1.46. The molecule has 8 nitrogen and oxygen atoms in total. The molecule has 1 saturated heterocycles. The van der Waals surface area contributed by atoms with Crippen molar-refractivity contribution in [1.29, 1.82) is 0 Å². The van der Waals surface area contributed by atoms with Crippen LogP contribution in [0.3, 0.4) is 0 Å². The zero-order valence-corrected chi connectivity index (χ0v) is 18.5. The third-order valence-electron chi connectivity index (χ3n) is 5.66. The van der Waals surface area contributed by atoms with Crippen LogP contribution < -0.4 is 10.7 Å². The molecule has 0 unspecified atom stereocenters. The van der Waals surface area contributed by atoms with Crippen LogP contribution in [0.2, 0.25) is 5.02 Å². The van der Waals surface area contributed by atoms with Crippen molar-refractivity contribution in [2.75, 3.05) is 18.4 Å². The van der Waals surface area contributed by atoms with Crippen molar-refractivity contribution in [2.45, 2.75) is 28.9 Å². The van der Waals surface area contributed by atoms with Crippen LogP contribution in [0.1, 0.15) is 12.8 Å². The van der Waals surface area contributed by atoms with Crippen LogP contribution in [0.5, 0.6) is 0 Å². The van der Waals surface area contributed by atoms with Gasteiger partial charge in [0, 0.05) is 41.0 Å². The van der Waals surface area contributed by atoms with E-state index >= 15 is 0 Å². The topological polar surface area (TPSA) is 114 Å². The van der Waals surface area contributed by atoms with Crippen LogP contribution in [0.15, 0.2) is 57.4 Å². The number of rotatable bonds is 5. The van der Waals surface area contributed by atoms with Gasteiger partial charge < -0.3 is 25.3 Å². The molecule has 0 saturated carbocycles. The third-order valence-corrected chi connectivity index (χ3v) is 6.84. The van der Waals surface area contributed by atoms with Crippen LogP contribution in [-0.2, 0) is 0 Å². The van der Waals surface area contributed by atoms with E-state index in [4.69, 9.17) is 11.6 Å². The summed E-state index contributed by atoms with van der Waals surface area (Å²) in [4.78, 5) is 37.5. The summed E-state index contributed by atoms with van der Waals surface area (Å²) in [5.74, 6) is 0. The molecular weight excluding hydrogens is 450 g/mol. The summed E-state index contributed by atoms with van der Waals surface area (Å²) in [6.07, 6.45) is 2.37. The number of H-pyrrole nitrogens is 2. The minimum absolute atomic E-state index is 0.109. The van der Waals surface area contributed by atoms with Crippen LogP contribution in [0, 0.1) is 0 Å². The Morgan fingerprint density at radius 1 is 1.31 bits per heavy atom. The molecule has 0 radical (unpaired) electrons. The summed E-state index contributed by atoms with van der Waals surface area (Å²) in [5, 5.41) is 14.5. The standard InChI is InChI=1S/C22H20ClN5O3S/c23-12-3-4-14-16(10-12)27-21(26-14)32-18-6-5-15(19-17(29)7-8-24-20(18)19)25-11-13-2-1-9-28(13)22(30)31/h3-8,10,13,25H,1-2,9,11H2,(H,24,29)(H,26,27)(H,30,31)/t13-/m1/s1. The Labute approximate surface area is 192 Å². The first-order chi connectivity index (χ1) is 15.5. The van der Waals surface area contributed by atoms with E-state index in [-0.39, 0.29) is 11.5 Å². The van der Waals surface area contributed by atoms with Crippen molar-refractivity contribution in [2.24, 2.45) is 0 Å². The lowest BCUT2D eigenvalue weighted by atomic mass is 10.1. The molecule has 0 bridgehead atoms. The minimum Gasteiger partial charge on any atom is -0.465 e. The number of anilines is 1. The monoisotopic (exact) mass is 469 g/mol. The fourth-order valence-corrected chi connectivity index (χ4v) is 5.21. The molecule has 1 amide bonds. The third kappa shape index (κ3) is 3.89. The zero-order valence-electron chi connectivity index (χ0n) is 16.9. The van der Waals surface area contributed by atoms with Gasteiger partial charge >= 0.3 is 6.09 Å². The Morgan fingerprint density at radius 3 is 3.03 bits per heavy atom. The minimum atomic E-state index is -0.907. The Kier molecular flexibility index (Phi) is 5.44. The molecular formula is C22H20ClN5O3S. The average Bonchev–Trinajstić information content (AvgIpc) is 3.39. The molecule has 10 heteroatoms. The number of halogens is 1. The Bertz CT molecular complexity index is 1390. The first-order valence-corrected chi connectivity index (χ1v) is 11.4. The number of hydrogen-bond donors (Lipinski definition) is 4. The Morgan fingerprint density at radius 2 is 2.19 bits per heavy atom. The molecule has 0 spiro atoms. The molecule has 4 aromatic rings. The van der Waals surface area contributed by atoms with Gasteiger partial charge in [-0.3, -0.25) is 4.79 Å². The molecule has 2 aromatic heterocycles. The predicted octanol–water partition coefficient (Wildman–Crippen LogP) is 4.76. The number of amides is 1. The quantitative estimate of drug-likeness (QED) is 0.335. The molecule has 164 valence electrons. The van der Waals surface area contributed by atoms with Gasteiger partial charge in [0.15, 0.2) is 10.6 Å². The molecule has 0 aliphatic carbocycles. The molecule has 3 heterocycles. The maximum absolute atomic E-state index is 12.7. The molecule has 1 atom stereocenters. The zero-order chi connectivity index (χ0) is 22.2. The normalized spacial score (nSPS) is 16.2. The van der Waals surface area contributed by atoms with E-state index in [1.54, 1.807) is 18.3 Å². The van der Waals surface area contributed by atoms with Gasteiger partial charge in [-0.2, -0.15) is 0 Å². The summed E-state index contributed by atoms with van der Waals surface area (Å²) in [6, 6.07) is 10.7. The second kappa shape index (κ2) is 8.40. The van der Waals surface area contributed by atoms with Crippen molar-refractivity contribution in [3.8, 4) is 0 Å². The number of pyridine rings is 1. The van der Waals surface area contributed by atoms with E-state index in [9.17, 15) is 14.7 Å². The number of benzene rings is 2. The summed E-state index contributed by atoms with van der Waals surface area (Å²) >= 11 is 7.48. The van der Waals surface area contributed by atoms with Crippen LogP contribution in [0.4, 0.5) is 10.5 Å². The van der Waals surface area contributed by atoms with E-state index in [1.807, 2.05) is 18.2 Å². The van der Waals surface area contributed by atoms with Crippen molar-refractivity contribution in [3.05, 3.63) is 57.8 Å². The highest BCUT2D eigenvalue weighted by Crippen LogP contribution is 2.34. The second-order valence-corrected chi connectivity index (χ2v) is 9.13. The highest BCUT2D eigenvalue weighted by molar-refractivity contribution is 7.99. The predicted molar refractivity (Wildman–Crippen MR) is 126 cm³/mol. The number of likely N-dealkylation sites (tertiary alicyclic amines) is 1. The number of nitrogens with one attached hydrogen (secondary N) is 3. The van der Waals surface area contributed by atoms with E-state index in [0.717, 1.165) is 28.8 Å². The SMILES string of the molecule is O=C(O)N1CCC[C@@H]1CNc1ccc(Sc2nc3cc(Cl)ccc3[nH]2)c2[nH]ccc(=O)c12. The van der Waals surface area contributed by atoms with Gasteiger partial charge in [-0.25, -0.2) is 9.78 Å². The van der Waals surface area contributed by atoms with E-state index < -0.39 is 6.09 Å². The highest BCUT2D eigenvalue weighted by atomic mass is 35.5. The molecule has 1 aliphatic rings. The summed E-state index contributed by atoms with van der Waals surface area (Å²) in [5.41, 5.74) is 2.93. The van der Waals surface area contributed by atoms with Gasteiger partial charge in [-0.15, -0.1) is 0 Å². The van der Waals surface area contributed by atoms with Crippen molar-refractivity contribution < 1.29 is 9.90 Å². The van der Waals surface area contributed by atoms with Crippen molar-refractivity contribution in [3.63, 3.8) is 0 Å². The number of carboxylic acid groups (broad SMARTS) is 1. The van der Waals surface area contributed by atoms with Gasteiger partial charge in [-0.05, 0) is 54.9 Å². The lowest BCUT2D eigenvalue weighted by Crippen LogP contribution is -2.38. The maximum atomic E-state index is 12.7. The highest BCUT2D eigenvalue weighted by Gasteiger charge is 2.28. The fraction of sp³-hybridized carbons (Fsp3) is 0.227. The van der Waals surface area contributed by atoms with Crippen molar-refractivity contribution >= 4 is 57.1 Å². The first kappa shape index (κ1) is 20.7. The fourth-order valence-electron chi connectivity index (χ4n) is 4.13. The smallest absolute Gasteiger partial charge is 0.407 e. The summed E-state index contributed by atoms with van der Waals surface area (Å²) in [7, 11) is 0.